The number of para-hydroxylation sites is 1. The van der Waals surface area contributed by atoms with Crippen molar-refractivity contribution in [1.82, 2.24) is 9.97 Å². The molecule has 4 heteroatoms. The van der Waals surface area contributed by atoms with E-state index in [0.717, 1.165) is 16.6 Å². The Hall–Kier alpha value is -2.93. The minimum Gasteiger partial charge on any atom is -0.436 e. The first-order valence-corrected chi connectivity index (χ1v) is 6.16. The molecule has 2 aromatic heterocycles. The average molecular weight is 261 g/mol. The van der Waals surface area contributed by atoms with Crippen LogP contribution in [0.1, 0.15) is 11.3 Å². The van der Waals surface area contributed by atoms with Gasteiger partial charge in [0.2, 0.25) is 5.88 Å². The molecule has 0 N–H and O–H groups in total. The Labute approximate surface area is 116 Å². The van der Waals surface area contributed by atoms with Gasteiger partial charge in [0.25, 0.3) is 0 Å². The largest absolute Gasteiger partial charge is 0.436 e. The van der Waals surface area contributed by atoms with Gasteiger partial charge in [0.05, 0.1) is 11.7 Å². The maximum Gasteiger partial charge on any atom is 0.237 e. The predicted molar refractivity (Wildman–Crippen MR) is 75.5 cm³/mol. The molecule has 0 atom stereocenters. The van der Waals surface area contributed by atoms with E-state index in [1.54, 1.807) is 18.3 Å². The molecule has 3 aromatic rings. The van der Waals surface area contributed by atoms with Crippen LogP contribution in [0.2, 0.25) is 0 Å². The third-order valence-electron chi connectivity index (χ3n) is 2.90. The molecule has 0 aliphatic carbocycles. The first-order valence-electron chi connectivity index (χ1n) is 6.16. The molecular formula is C16H11N3O. The third kappa shape index (κ3) is 2.29. The Balaban J connectivity index is 2.01. The summed E-state index contributed by atoms with van der Waals surface area (Å²) in [5.41, 5.74) is 2.11. The number of ether oxygens (including phenoxy) is 1. The van der Waals surface area contributed by atoms with Crippen molar-refractivity contribution in [2.45, 2.75) is 6.92 Å². The fraction of sp³-hybridized carbons (Fsp3) is 0.0625. The summed E-state index contributed by atoms with van der Waals surface area (Å²) in [6.07, 6.45) is 1.63. The number of fused-ring (bicyclic) bond motifs is 1. The lowest BCUT2D eigenvalue weighted by Gasteiger charge is -2.07. The molecule has 0 aliphatic rings. The van der Waals surface area contributed by atoms with Crippen LogP contribution < -0.4 is 4.74 Å². The van der Waals surface area contributed by atoms with Gasteiger partial charge in [0, 0.05) is 11.1 Å². The monoisotopic (exact) mass is 261 g/mol. The third-order valence-corrected chi connectivity index (χ3v) is 2.90. The highest BCUT2D eigenvalue weighted by Gasteiger charge is 2.07. The normalized spacial score (nSPS) is 10.2. The molecule has 0 unspecified atom stereocenters. The molecule has 1 aromatic carbocycles. The van der Waals surface area contributed by atoms with E-state index in [4.69, 9.17) is 10.00 Å². The lowest BCUT2D eigenvalue weighted by atomic mass is 10.2. The molecule has 20 heavy (non-hydrogen) atoms. The summed E-state index contributed by atoms with van der Waals surface area (Å²) in [6.45, 7) is 1.85. The fourth-order valence-corrected chi connectivity index (χ4v) is 1.91. The summed E-state index contributed by atoms with van der Waals surface area (Å²) in [5, 5.41) is 10.1. The minimum absolute atomic E-state index is 0.310. The number of nitrogens with zero attached hydrogens (tertiary/aromatic N) is 3. The molecular weight excluding hydrogens is 250 g/mol. The van der Waals surface area contributed by atoms with Gasteiger partial charge in [-0.3, -0.25) is 4.98 Å². The summed E-state index contributed by atoms with van der Waals surface area (Å²) < 4.78 is 5.69. The van der Waals surface area contributed by atoms with E-state index in [-0.39, 0.29) is 0 Å². The van der Waals surface area contributed by atoms with Gasteiger partial charge >= 0.3 is 0 Å². The molecule has 96 valence electrons. The number of aryl methyl sites for hydroxylation is 1. The van der Waals surface area contributed by atoms with E-state index >= 15 is 0 Å². The molecule has 0 amide bonds. The molecule has 0 aliphatic heterocycles. The second kappa shape index (κ2) is 4.98. The standard InChI is InChI=1S/C16H11N3O/c1-11-6-7-13(9-17)16(19-11)20-14-8-12-4-2-3-5-15(12)18-10-14/h2-8,10H,1H3. The Morgan fingerprint density at radius 2 is 2.00 bits per heavy atom. The zero-order valence-electron chi connectivity index (χ0n) is 10.9. The quantitative estimate of drug-likeness (QED) is 0.707. The van der Waals surface area contributed by atoms with Crippen LogP contribution in [0.15, 0.2) is 48.7 Å². The van der Waals surface area contributed by atoms with Crippen LogP contribution in [0.25, 0.3) is 10.9 Å². The summed E-state index contributed by atoms with van der Waals surface area (Å²) in [7, 11) is 0. The maximum absolute atomic E-state index is 9.07. The van der Waals surface area contributed by atoms with Gasteiger partial charge in [0.15, 0.2) is 0 Å². The number of hydrogen-bond acceptors (Lipinski definition) is 4. The van der Waals surface area contributed by atoms with Gasteiger partial charge in [-0.15, -0.1) is 0 Å². The molecule has 0 radical (unpaired) electrons. The van der Waals surface area contributed by atoms with E-state index in [9.17, 15) is 0 Å². The smallest absolute Gasteiger partial charge is 0.237 e. The summed E-state index contributed by atoms with van der Waals surface area (Å²) in [5.74, 6) is 0.878. The number of pyridine rings is 2. The summed E-state index contributed by atoms with van der Waals surface area (Å²) >= 11 is 0. The molecule has 4 nitrogen and oxygen atoms in total. The predicted octanol–water partition coefficient (Wildman–Crippen LogP) is 3.60. The van der Waals surface area contributed by atoms with Gasteiger partial charge in [-0.25, -0.2) is 4.98 Å². The number of benzene rings is 1. The van der Waals surface area contributed by atoms with Crippen LogP contribution in [-0.4, -0.2) is 9.97 Å². The number of hydrogen-bond donors (Lipinski definition) is 0. The molecule has 3 rings (SSSR count). The van der Waals surface area contributed by atoms with E-state index in [1.807, 2.05) is 37.3 Å². The van der Waals surface area contributed by atoms with E-state index in [0.29, 0.717) is 17.2 Å². The van der Waals surface area contributed by atoms with E-state index < -0.39 is 0 Å². The highest BCUT2D eigenvalue weighted by Crippen LogP contribution is 2.25. The highest BCUT2D eigenvalue weighted by molar-refractivity contribution is 5.79. The molecule has 0 saturated heterocycles. The van der Waals surface area contributed by atoms with Crippen molar-refractivity contribution in [1.29, 1.82) is 5.26 Å². The van der Waals surface area contributed by atoms with E-state index in [2.05, 4.69) is 16.0 Å². The van der Waals surface area contributed by atoms with Crippen molar-refractivity contribution in [3.63, 3.8) is 0 Å². The number of aromatic nitrogens is 2. The Bertz CT molecular complexity index is 821. The van der Waals surface area contributed by atoms with Crippen LogP contribution in [0.5, 0.6) is 11.6 Å². The first-order chi connectivity index (χ1) is 9.76. The zero-order valence-corrected chi connectivity index (χ0v) is 10.9. The van der Waals surface area contributed by atoms with Crippen molar-refractivity contribution < 1.29 is 4.74 Å². The van der Waals surface area contributed by atoms with Gasteiger partial charge < -0.3 is 4.74 Å². The Morgan fingerprint density at radius 1 is 1.15 bits per heavy atom. The number of nitriles is 1. The van der Waals surface area contributed by atoms with Crippen LogP contribution in [0.4, 0.5) is 0 Å². The lowest BCUT2D eigenvalue weighted by Crippen LogP contribution is -1.94. The van der Waals surface area contributed by atoms with Crippen molar-refractivity contribution in [3.05, 3.63) is 59.9 Å². The lowest BCUT2D eigenvalue weighted by molar-refractivity contribution is 0.459. The summed E-state index contributed by atoms with van der Waals surface area (Å²) in [6, 6.07) is 15.2. The molecule has 0 fully saturated rings. The molecule has 2 heterocycles. The van der Waals surface area contributed by atoms with Crippen LogP contribution >= 0.6 is 0 Å². The van der Waals surface area contributed by atoms with Gasteiger partial charge in [-0.1, -0.05) is 18.2 Å². The zero-order chi connectivity index (χ0) is 13.9. The van der Waals surface area contributed by atoms with E-state index in [1.165, 1.54) is 0 Å². The molecule has 0 spiro atoms. The number of rotatable bonds is 2. The average Bonchev–Trinajstić information content (AvgIpc) is 2.47. The highest BCUT2D eigenvalue weighted by atomic mass is 16.5. The second-order valence-corrected chi connectivity index (χ2v) is 4.38. The van der Waals surface area contributed by atoms with Crippen molar-refractivity contribution in [2.24, 2.45) is 0 Å². The van der Waals surface area contributed by atoms with Gasteiger partial charge in [-0.2, -0.15) is 5.26 Å². The van der Waals surface area contributed by atoms with Crippen molar-refractivity contribution in [3.8, 4) is 17.7 Å². The maximum atomic E-state index is 9.07. The second-order valence-electron chi connectivity index (χ2n) is 4.38. The van der Waals surface area contributed by atoms with Crippen molar-refractivity contribution in [2.75, 3.05) is 0 Å². The fourth-order valence-electron chi connectivity index (χ4n) is 1.91. The van der Waals surface area contributed by atoms with Gasteiger partial charge in [0.1, 0.15) is 17.4 Å². The SMILES string of the molecule is Cc1ccc(C#N)c(Oc2cnc3ccccc3c2)n1. The first kappa shape index (κ1) is 12.1. The topological polar surface area (TPSA) is 58.8 Å². The Kier molecular flexibility index (Phi) is 3.02. The van der Waals surface area contributed by atoms with Crippen molar-refractivity contribution >= 4 is 10.9 Å². The summed E-state index contributed by atoms with van der Waals surface area (Å²) in [4.78, 5) is 8.57. The van der Waals surface area contributed by atoms with Crippen LogP contribution in [0.3, 0.4) is 0 Å². The molecule has 0 bridgehead atoms. The van der Waals surface area contributed by atoms with Crippen LogP contribution in [-0.2, 0) is 0 Å². The van der Waals surface area contributed by atoms with Gasteiger partial charge in [-0.05, 0) is 31.2 Å². The minimum atomic E-state index is 0.310. The Morgan fingerprint density at radius 3 is 2.85 bits per heavy atom. The molecule has 0 saturated carbocycles. The van der Waals surface area contributed by atoms with Crippen LogP contribution in [0, 0.1) is 18.3 Å².